The molecule has 3 N–H and O–H groups in total. The van der Waals surface area contributed by atoms with Crippen LogP contribution < -0.4 is 20.7 Å². The highest BCUT2D eigenvalue weighted by Gasteiger charge is 2.12. The van der Waals surface area contributed by atoms with Gasteiger partial charge >= 0.3 is 0 Å². The number of carbonyl (C=O) groups excluding carboxylic acids is 2. The SMILES string of the molecule is COc1ccc(CCNC(=O)c2ccccc2NCC(=O)Nc2ccc(C)cc2C)cc1. The fraction of sp³-hybridized carbons (Fsp3) is 0.231. The van der Waals surface area contributed by atoms with E-state index in [2.05, 4.69) is 16.0 Å². The molecule has 0 atom stereocenters. The van der Waals surface area contributed by atoms with Crippen molar-refractivity contribution >= 4 is 23.2 Å². The summed E-state index contributed by atoms with van der Waals surface area (Å²) in [7, 11) is 1.63. The van der Waals surface area contributed by atoms with Gasteiger partial charge in [0, 0.05) is 17.9 Å². The number of para-hydroxylation sites is 1. The van der Waals surface area contributed by atoms with Crippen LogP contribution in [0.15, 0.2) is 66.7 Å². The monoisotopic (exact) mass is 431 g/mol. The highest BCUT2D eigenvalue weighted by Crippen LogP contribution is 2.17. The largest absolute Gasteiger partial charge is 0.497 e. The minimum Gasteiger partial charge on any atom is -0.497 e. The van der Waals surface area contributed by atoms with Crippen LogP contribution in [-0.2, 0) is 11.2 Å². The Kier molecular flexibility index (Phi) is 7.86. The van der Waals surface area contributed by atoms with Crippen LogP contribution in [0.3, 0.4) is 0 Å². The second kappa shape index (κ2) is 11.0. The Morgan fingerprint density at radius 2 is 1.66 bits per heavy atom. The Morgan fingerprint density at radius 1 is 0.906 bits per heavy atom. The topological polar surface area (TPSA) is 79.5 Å². The van der Waals surface area contributed by atoms with Crippen LogP contribution in [0.4, 0.5) is 11.4 Å². The summed E-state index contributed by atoms with van der Waals surface area (Å²) in [4.78, 5) is 25.1. The highest BCUT2D eigenvalue weighted by atomic mass is 16.5. The van der Waals surface area contributed by atoms with E-state index in [1.54, 1.807) is 25.3 Å². The van der Waals surface area contributed by atoms with Crippen molar-refractivity contribution in [1.82, 2.24) is 5.32 Å². The van der Waals surface area contributed by atoms with Crippen LogP contribution in [-0.4, -0.2) is 32.0 Å². The lowest BCUT2D eigenvalue weighted by Gasteiger charge is -2.13. The Labute approximate surface area is 189 Å². The van der Waals surface area contributed by atoms with E-state index >= 15 is 0 Å². The molecule has 3 aromatic carbocycles. The second-order valence-electron chi connectivity index (χ2n) is 7.62. The van der Waals surface area contributed by atoms with Gasteiger partial charge < -0.3 is 20.7 Å². The van der Waals surface area contributed by atoms with E-state index in [0.717, 1.165) is 28.1 Å². The maximum Gasteiger partial charge on any atom is 0.253 e. The maximum absolute atomic E-state index is 12.7. The van der Waals surface area contributed by atoms with Crippen molar-refractivity contribution in [3.8, 4) is 5.75 Å². The number of rotatable bonds is 9. The van der Waals surface area contributed by atoms with Gasteiger partial charge in [0.15, 0.2) is 0 Å². The molecular weight excluding hydrogens is 402 g/mol. The van der Waals surface area contributed by atoms with Crippen LogP contribution in [0.2, 0.25) is 0 Å². The van der Waals surface area contributed by atoms with Crippen LogP contribution in [0.1, 0.15) is 27.0 Å². The van der Waals surface area contributed by atoms with Crippen LogP contribution in [0, 0.1) is 13.8 Å². The predicted octanol–water partition coefficient (Wildman–Crippen LogP) is 4.34. The van der Waals surface area contributed by atoms with Crippen molar-refractivity contribution in [2.45, 2.75) is 20.3 Å². The molecule has 0 heterocycles. The van der Waals surface area contributed by atoms with E-state index in [1.807, 2.05) is 62.4 Å². The number of nitrogens with one attached hydrogen (secondary N) is 3. The van der Waals surface area contributed by atoms with Crippen molar-refractivity contribution in [3.63, 3.8) is 0 Å². The van der Waals surface area contributed by atoms with Gasteiger partial charge in [-0.05, 0) is 61.7 Å². The number of amides is 2. The first-order valence-corrected chi connectivity index (χ1v) is 10.6. The summed E-state index contributed by atoms with van der Waals surface area (Å²) in [5, 5.41) is 8.93. The lowest BCUT2D eigenvalue weighted by atomic mass is 10.1. The number of methoxy groups -OCH3 is 1. The van der Waals surface area contributed by atoms with Crippen molar-refractivity contribution in [3.05, 3.63) is 89.0 Å². The van der Waals surface area contributed by atoms with Crippen molar-refractivity contribution < 1.29 is 14.3 Å². The quantitative estimate of drug-likeness (QED) is 0.471. The lowest BCUT2D eigenvalue weighted by Crippen LogP contribution is -2.28. The predicted molar refractivity (Wildman–Crippen MR) is 129 cm³/mol. The summed E-state index contributed by atoms with van der Waals surface area (Å²) in [5.41, 5.74) is 5.17. The lowest BCUT2D eigenvalue weighted by molar-refractivity contribution is -0.114. The minimum atomic E-state index is -0.184. The number of anilines is 2. The number of aryl methyl sites for hydroxylation is 2. The molecule has 0 saturated carbocycles. The molecule has 0 bridgehead atoms. The molecule has 166 valence electrons. The van der Waals surface area contributed by atoms with Crippen molar-refractivity contribution in [2.75, 3.05) is 30.8 Å². The van der Waals surface area contributed by atoms with Crippen LogP contribution >= 0.6 is 0 Å². The number of ether oxygens (including phenoxy) is 1. The fourth-order valence-corrected chi connectivity index (χ4v) is 3.37. The Balaban J connectivity index is 1.53. The van der Waals surface area contributed by atoms with Gasteiger partial charge in [-0.25, -0.2) is 0 Å². The zero-order chi connectivity index (χ0) is 22.9. The molecule has 0 fully saturated rings. The zero-order valence-corrected chi connectivity index (χ0v) is 18.7. The van der Waals surface area contributed by atoms with Gasteiger partial charge in [-0.3, -0.25) is 9.59 Å². The van der Waals surface area contributed by atoms with Crippen LogP contribution in [0.25, 0.3) is 0 Å². The molecule has 0 aliphatic carbocycles. The third kappa shape index (κ3) is 6.35. The summed E-state index contributed by atoms with van der Waals surface area (Å²) in [5.74, 6) is 0.447. The van der Waals surface area contributed by atoms with E-state index in [-0.39, 0.29) is 18.4 Å². The molecule has 3 aromatic rings. The van der Waals surface area contributed by atoms with Gasteiger partial charge in [0.25, 0.3) is 5.91 Å². The van der Waals surface area contributed by atoms with Gasteiger partial charge in [0.1, 0.15) is 5.75 Å². The average molecular weight is 432 g/mol. The van der Waals surface area contributed by atoms with Crippen molar-refractivity contribution in [1.29, 1.82) is 0 Å². The molecule has 3 rings (SSSR count). The van der Waals surface area contributed by atoms with Gasteiger partial charge in [0.05, 0.1) is 19.2 Å². The summed E-state index contributed by atoms with van der Waals surface area (Å²) in [6.45, 7) is 4.54. The first-order chi connectivity index (χ1) is 15.5. The van der Waals surface area contributed by atoms with Gasteiger partial charge in [-0.1, -0.05) is 42.0 Å². The first-order valence-electron chi connectivity index (χ1n) is 10.6. The molecule has 6 nitrogen and oxygen atoms in total. The Bertz CT molecular complexity index is 1080. The number of carbonyl (C=O) groups is 2. The molecule has 32 heavy (non-hydrogen) atoms. The number of hydrogen-bond acceptors (Lipinski definition) is 4. The molecule has 2 amide bonds. The summed E-state index contributed by atoms with van der Waals surface area (Å²) < 4.78 is 5.16. The van der Waals surface area contributed by atoms with E-state index in [1.165, 1.54) is 0 Å². The van der Waals surface area contributed by atoms with E-state index < -0.39 is 0 Å². The van der Waals surface area contributed by atoms with E-state index in [9.17, 15) is 9.59 Å². The third-order valence-electron chi connectivity index (χ3n) is 5.13. The maximum atomic E-state index is 12.7. The van der Waals surface area contributed by atoms with Crippen LogP contribution in [0.5, 0.6) is 5.75 Å². The molecule has 6 heteroatoms. The van der Waals surface area contributed by atoms with Crippen molar-refractivity contribution in [2.24, 2.45) is 0 Å². The Hall–Kier alpha value is -3.80. The molecule has 0 aromatic heterocycles. The van der Waals surface area contributed by atoms with E-state index in [4.69, 9.17) is 4.74 Å². The van der Waals surface area contributed by atoms with Gasteiger partial charge in [-0.15, -0.1) is 0 Å². The summed E-state index contributed by atoms with van der Waals surface area (Å²) in [6.07, 6.45) is 0.712. The molecule has 0 aliphatic heterocycles. The minimum absolute atomic E-state index is 0.0590. The molecular formula is C26H29N3O3. The molecule has 0 spiro atoms. The highest BCUT2D eigenvalue weighted by molar-refractivity contribution is 6.01. The number of hydrogen-bond donors (Lipinski definition) is 3. The Morgan fingerprint density at radius 3 is 2.38 bits per heavy atom. The fourth-order valence-electron chi connectivity index (χ4n) is 3.37. The molecule has 0 saturated heterocycles. The number of benzene rings is 3. The van der Waals surface area contributed by atoms with Gasteiger partial charge in [0.2, 0.25) is 5.91 Å². The molecule has 0 aliphatic rings. The summed E-state index contributed by atoms with van der Waals surface area (Å²) in [6, 6.07) is 20.8. The van der Waals surface area contributed by atoms with Gasteiger partial charge in [-0.2, -0.15) is 0 Å². The first kappa shape index (κ1) is 22.9. The average Bonchev–Trinajstić information content (AvgIpc) is 2.80. The summed E-state index contributed by atoms with van der Waals surface area (Å²) >= 11 is 0. The smallest absolute Gasteiger partial charge is 0.253 e. The molecule has 0 radical (unpaired) electrons. The van der Waals surface area contributed by atoms with E-state index in [0.29, 0.717) is 24.2 Å². The normalized spacial score (nSPS) is 10.3. The molecule has 0 unspecified atom stereocenters. The standard InChI is InChI=1S/C26H29N3O3/c1-18-8-13-23(19(2)16-18)29-25(30)17-28-24-7-5-4-6-22(24)26(31)27-15-14-20-9-11-21(32-3)12-10-20/h4-13,16,28H,14-15,17H2,1-3H3,(H,27,31)(H,29,30). The zero-order valence-electron chi connectivity index (χ0n) is 18.7. The third-order valence-corrected chi connectivity index (χ3v) is 5.13. The second-order valence-corrected chi connectivity index (χ2v) is 7.62.